The van der Waals surface area contributed by atoms with Crippen LogP contribution in [-0.2, 0) is 11.3 Å². The summed E-state index contributed by atoms with van der Waals surface area (Å²) in [6.07, 6.45) is 0.855. The Kier molecular flexibility index (Phi) is 5.74. The summed E-state index contributed by atoms with van der Waals surface area (Å²) in [5.74, 6) is -1.46. The fraction of sp³-hybridized carbons (Fsp3) is 0.462. The second-order valence-corrected chi connectivity index (χ2v) is 4.05. The van der Waals surface area contributed by atoms with Crippen molar-refractivity contribution in [2.75, 3.05) is 13.7 Å². The minimum absolute atomic E-state index is 0.0907. The van der Waals surface area contributed by atoms with Gasteiger partial charge in [-0.15, -0.1) is 0 Å². The molecular formula is C13H18FNO3. The molecule has 1 rings (SSSR count). The average molecular weight is 255 g/mol. The van der Waals surface area contributed by atoms with Crippen LogP contribution < -0.4 is 5.32 Å². The van der Waals surface area contributed by atoms with Crippen LogP contribution in [-0.4, -0.2) is 30.8 Å². The maximum absolute atomic E-state index is 13.5. The van der Waals surface area contributed by atoms with E-state index in [1.54, 1.807) is 7.11 Å². The second kappa shape index (κ2) is 7.08. The Hall–Kier alpha value is -1.46. The van der Waals surface area contributed by atoms with Gasteiger partial charge in [0.1, 0.15) is 5.82 Å². The summed E-state index contributed by atoms with van der Waals surface area (Å²) in [5.41, 5.74) is 0.442. The topological polar surface area (TPSA) is 58.6 Å². The molecule has 0 bridgehead atoms. The predicted octanol–water partition coefficient (Wildman–Crippen LogP) is 2.04. The highest BCUT2D eigenvalue weighted by molar-refractivity contribution is 5.87. The minimum Gasteiger partial charge on any atom is -0.478 e. The highest BCUT2D eigenvalue weighted by atomic mass is 19.1. The van der Waals surface area contributed by atoms with E-state index < -0.39 is 11.8 Å². The van der Waals surface area contributed by atoms with Crippen molar-refractivity contribution in [3.63, 3.8) is 0 Å². The van der Waals surface area contributed by atoms with E-state index in [9.17, 15) is 9.18 Å². The number of nitrogens with one attached hydrogen (secondary N) is 1. The molecule has 1 aromatic rings. The molecule has 0 aliphatic carbocycles. The van der Waals surface area contributed by atoms with Gasteiger partial charge in [-0.1, -0.05) is 6.92 Å². The van der Waals surface area contributed by atoms with Crippen molar-refractivity contribution in [1.82, 2.24) is 5.32 Å². The summed E-state index contributed by atoms with van der Waals surface area (Å²) in [6.45, 7) is 2.83. The standard InChI is InChI=1S/C13H18FNO3/c1-3-11(8-18-2)15-7-10-6-9(13(16)17)4-5-12(10)14/h4-6,11,15H,3,7-8H2,1-2H3,(H,16,17). The molecule has 0 aliphatic heterocycles. The molecular weight excluding hydrogens is 237 g/mol. The number of benzene rings is 1. The Morgan fingerprint density at radius 3 is 2.83 bits per heavy atom. The van der Waals surface area contributed by atoms with Gasteiger partial charge >= 0.3 is 5.97 Å². The maximum Gasteiger partial charge on any atom is 0.335 e. The van der Waals surface area contributed by atoms with Crippen molar-refractivity contribution in [1.29, 1.82) is 0 Å². The normalized spacial score (nSPS) is 12.4. The first-order valence-electron chi connectivity index (χ1n) is 5.82. The maximum atomic E-state index is 13.5. The van der Waals surface area contributed by atoms with Crippen molar-refractivity contribution in [2.45, 2.75) is 25.9 Å². The zero-order valence-corrected chi connectivity index (χ0v) is 10.6. The molecule has 0 aliphatic rings. The molecule has 0 saturated heterocycles. The first-order chi connectivity index (χ1) is 8.58. The van der Waals surface area contributed by atoms with Crippen LogP contribution in [0.3, 0.4) is 0 Å². The summed E-state index contributed by atoms with van der Waals surface area (Å²) in [5, 5.41) is 12.0. The van der Waals surface area contributed by atoms with Gasteiger partial charge in [-0.25, -0.2) is 9.18 Å². The van der Waals surface area contributed by atoms with Crippen molar-refractivity contribution < 1.29 is 19.0 Å². The molecule has 0 spiro atoms. The highest BCUT2D eigenvalue weighted by Crippen LogP contribution is 2.11. The van der Waals surface area contributed by atoms with Crippen LogP contribution in [0.1, 0.15) is 29.3 Å². The van der Waals surface area contributed by atoms with E-state index in [-0.39, 0.29) is 18.2 Å². The van der Waals surface area contributed by atoms with Gasteiger partial charge in [0.2, 0.25) is 0 Å². The number of methoxy groups -OCH3 is 1. The van der Waals surface area contributed by atoms with Crippen LogP contribution in [0, 0.1) is 5.82 Å². The van der Waals surface area contributed by atoms with Crippen LogP contribution >= 0.6 is 0 Å². The summed E-state index contributed by atoms with van der Waals surface area (Å²) in [4.78, 5) is 10.8. The lowest BCUT2D eigenvalue weighted by Crippen LogP contribution is -2.32. The number of halogens is 1. The largest absolute Gasteiger partial charge is 0.478 e. The second-order valence-electron chi connectivity index (χ2n) is 4.05. The van der Waals surface area contributed by atoms with Crippen LogP contribution in [0.4, 0.5) is 4.39 Å². The third kappa shape index (κ3) is 4.09. The third-order valence-corrected chi connectivity index (χ3v) is 2.73. The molecule has 0 amide bonds. The minimum atomic E-state index is -1.06. The van der Waals surface area contributed by atoms with Crippen molar-refractivity contribution in [3.05, 3.63) is 35.1 Å². The number of rotatable bonds is 7. The molecule has 100 valence electrons. The van der Waals surface area contributed by atoms with E-state index in [2.05, 4.69) is 5.32 Å². The molecule has 0 heterocycles. The summed E-state index contributed by atoms with van der Waals surface area (Å²) < 4.78 is 18.5. The van der Waals surface area contributed by atoms with Crippen molar-refractivity contribution in [2.24, 2.45) is 0 Å². The summed E-state index contributed by atoms with van der Waals surface area (Å²) >= 11 is 0. The number of carboxylic acid groups (broad SMARTS) is 1. The SMILES string of the molecule is CCC(COC)NCc1cc(C(=O)O)ccc1F. The predicted molar refractivity (Wildman–Crippen MR) is 66.2 cm³/mol. The Bertz CT molecular complexity index is 409. The van der Waals surface area contributed by atoms with Crippen LogP contribution in [0.25, 0.3) is 0 Å². The van der Waals surface area contributed by atoms with E-state index in [4.69, 9.17) is 9.84 Å². The van der Waals surface area contributed by atoms with Crippen LogP contribution in [0.15, 0.2) is 18.2 Å². The molecule has 5 heteroatoms. The highest BCUT2D eigenvalue weighted by Gasteiger charge is 2.10. The molecule has 1 atom stereocenters. The monoisotopic (exact) mass is 255 g/mol. The lowest BCUT2D eigenvalue weighted by molar-refractivity contribution is 0.0696. The molecule has 4 nitrogen and oxygen atoms in total. The summed E-state index contributed by atoms with van der Waals surface area (Å²) in [7, 11) is 1.61. The molecule has 0 fully saturated rings. The third-order valence-electron chi connectivity index (χ3n) is 2.73. The zero-order chi connectivity index (χ0) is 13.5. The van der Waals surface area contributed by atoms with E-state index in [1.165, 1.54) is 18.2 Å². The van der Waals surface area contributed by atoms with E-state index in [0.29, 0.717) is 12.2 Å². The van der Waals surface area contributed by atoms with E-state index in [1.807, 2.05) is 6.92 Å². The lowest BCUT2D eigenvalue weighted by atomic mass is 10.1. The average Bonchev–Trinajstić information content (AvgIpc) is 2.35. The quantitative estimate of drug-likeness (QED) is 0.782. The molecule has 0 saturated carbocycles. The number of ether oxygens (including phenoxy) is 1. The van der Waals surface area contributed by atoms with Crippen molar-refractivity contribution >= 4 is 5.97 Å². The van der Waals surface area contributed by atoms with Gasteiger partial charge in [-0.2, -0.15) is 0 Å². The number of carbonyl (C=O) groups is 1. The van der Waals surface area contributed by atoms with E-state index in [0.717, 1.165) is 6.42 Å². The molecule has 0 radical (unpaired) electrons. The van der Waals surface area contributed by atoms with Gasteiger partial charge in [-0.05, 0) is 24.6 Å². The van der Waals surface area contributed by atoms with Gasteiger partial charge in [0, 0.05) is 25.3 Å². The van der Waals surface area contributed by atoms with Gasteiger partial charge in [-0.3, -0.25) is 0 Å². The first kappa shape index (κ1) is 14.6. The molecule has 2 N–H and O–H groups in total. The molecule has 18 heavy (non-hydrogen) atoms. The zero-order valence-electron chi connectivity index (χ0n) is 10.6. The summed E-state index contributed by atoms with van der Waals surface area (Å²) in [6, 6.07) is 3.91. The Balaban J connectivity index is 2.71. The smallest absolute Gasteiger partial charge is 0.335 e. The molecule has 1 unspecified atom stereocenters. The number of hydrogen-bond acceptors (Lipinski definition) is 3. The number of carboxylic acids is 1. The molecule has 0 aromatic heterocycles. The number of aromatic carboxylic acids is 1. The van der Waals surface area contributed by atoms with Gasteiger partial charge in [0.15, 0.2) is 0 Å². The Morgan fingerprint density at radius 1 is 1.56 bits per heavy atom. The lowest BCUT2D eigenvalue weighted by Gasteiger charge is -2.16. The fourth-order valence-electron chi connectivity index (χ4n) is 1.62. The Morgan fingerprint density at radius 2 is 2.28 bits per heavy atom. The van der Waals surface area contributed by atoms with E-state index >= 15 is 0 Å². The van der Waals surface area contributed by atoms with Crippen LogP contribution in [0.2, 0.25) is 0 Å². The fourth-order valence-corrected chi connectivity index (χ4v) is 1.62. The van der Waals surface area contributed by atoms with Crippen molar-refractivity contribution in [3.8, 4) is 0 Å². The van der Waals surface area contributed by atoms with Crippen LogP contribution in [0.5, 0.6) is 0 Å². The number of hydrogen-bond donors (Lipinski definition) is 2. The van der Waals surface area contributed by atoms with Gasteiger partial charge in [0.25, 0.3) is 0 Å². The van der Waals surface area contributed by atoms with Gasteiger partial charge < -0.3 is 15.2 Å². The first-order valence-corrected chi connectivity index (χ1v) is 5.82. The molecule has 1 aromatic carbocycles. The Labute approximate surface area is 106 Å². The van der Waals surface area contributed by atoms with Gasteiger partial charge in [0.05, 0.1) is 12.2 Å².